The summed E-state index contributed by atoms with van der Waals surface area (Å²) >= 11 is 11.8. The highest BCUT2D eigenvalue weighted by Crippen LogP contribution is 2.23. The second-order valence-corrected chi connectivity index (χ2v) is 6.70. The zero-order valence-corrected chi connectivity index (χ0v) is 16.2. The van der Waals surface area contributed by atoms with E-state index in [-0.39, 0.29) is 10.6 Å². The molecular weight excluding hydrogens is 399 g/mol. The second kappa shape index (κ2) is 7.49. The van der Waals surface area contributed by atoms with Crippen molar-refractivity contribution in [2.75, 3.05) is 0 Å². The predicted octanol–water partition coefficient (Wildman–Crippen LogP) is 4.78. The first-order valence-corrected chi connectivity index (χ1v) is 9.11. The van der Waals surface area contributed by atoms with Crippen LogP contribution in [0.1, 0.15) is 11.3 Å². The van der Waals surface area contributed by atoms with Gasteiger partial charge in [0.2, 0.25) is 4.77 Å². The lowest BCUT2D eigenvalue weighted by atomic mass is 10.2. The predicted molar refractivity (Wildman–Crippen MR) is 109 cm³/mol. The standard InChI is InChI=1S/C19H14ClFN6S/c1-12-16(17(20)26(25-12)15-8-3-2-4-9-15)11-22-27-18(23-24-19(27)28)13-6-5-7-14(21)10-13/h2-11H,1H3,(H,24,28)/b22-11-. The minimum absolute atomic E-state index is 0.278. The van der Waals surface area contributed by atoms with E-state index < -0.39 is 0 Å². The molecule has 2 aromatic heterocycles. The monoisotopic (exact) mass is 412 g/mol. The highest BCUT2D eigenvalue weighted by atomic mass is 35.5. The number of para-hydroxylation sites is 1. The first-order valence-electron chi connectivity index (χ1n) is 8.33. The number of hydrogen-bond acceptors (Lipinski definition) is 4. The SMILES string of the molecule is Cc1nn(-c2ccccc2)c(Cl)c1/C=N\n1c(-c2cccc(F)c2)n[nH]c1=S. The zero-order valence-electron chi connectivity index (χ0n) is 14.7. The van der Waals surface area contributed by atoms with Gasteiger partial charge < -0.3 is 0 Å². The molecule has 1 N–H and O–H groups in total. The molecule has 6 nitrogen and oxygen atoms in total. The Morgan fingerprint density at radius 1 is 1.18 bits per heavy atom. The average Bonchev–Trinajstić information content (AvgIpc) is 3.20. The van der Waals surface area contributed by atoms with Gasteiger partial charge >= 0.3 is 0 Å². The Morgan fingerprint density at radius 3 is 2.71 bits per heavy atom. The van der Waals surface area contributed by atoms with Crippen molar-refractivity contribution in [3.63, 3.8) is 0 Å². The number of halogens is 2. The van der Waals surface area contributed by atoms with Crippen molar-refractivity contribution in [1.82, 2.24) is 24.7 Å². The molecule has 140 valence electrons. The molecule has 0 fully saturated rings. The molecular formula is C19H14ClFN6S. The number of nitrogens with one attached hydrogen (secondary N) is 1. The molecule has 2 aromatic carbocycles. The highest BCUT2D eigenvalue weighted by molar-refractivity contribution is 7.71. The van der Waals surface area contributed by atoms with Crippen LogP contribution < -0.4 is 0 Å². The van der Waals surface area contributed by atoms with E-state index in [0.29, 0.717) is 27.8 Å². The van der Waals surface area contributed by atoms with E-state index in [4.69, 9.17) is 23.8 Å². The number of aromatic amines is 1. The van der Waals surface area contributed by atoms with Crippen LogP contribution in [0.4, 0.5) is 4.39 Å². The number of hydrogen-bond donors (Lipinski definition) is 1. The van der Waals surface area contributed by atoms with E-state index in [1.54, 1.807) is 23.0 Å². The number of aryl methyl sites for hydroxylation is 1. The molecule has 0 saturated carbocycles. The quantitative estimate of drug-likeness (QED) is 0.387. The van der Waals surface area contributed by atoms with E-state index in [9.17, 15) is 4.39 Å². The van der Waals surface area contributed by atoms with Crippen LogP contribution in [-0.2, 0) is 0 Å². The maximum absolute atomic E-state index is 13.6. The molecule has 0 atom stereocenters. The molecule has 0 aliphatic heterocycles. The minimum Gasteiger partial charge on any atom is -0.250 e. The highest BCUT2D eigenvalue weighted by Gasteiger charge is 2.14. The van der Waals surface area contributed by atoms with E-state index in [1.165, 1.54) is 16.8 Å². The summed E-state index contributed by atoms with van der Waals surface area (Å²) in [5.41, 5.74) is 2.75. The molecule has 0 spiro atoms. The van der Waals surface area contributed by atoms with Gasteiger partial charge in [-0.1, -0.05) is 41.9 Å². The summed E-state index contributed by atoms with van der Waals surface area (Å²) in [6.45, 7) is 1.84. The molecule has 0 unspecified atom stereocenters. The maximum atomic E-state index is 13.6. The fourth-order valence-electron chi connectivity index (χ4n) is 2.73. The summed E-state index contributed by atoms with van der Waals surface area (Å²) in [7, 11) is 0. The lowest BCUT2D eigenvalue weighted by Gasteiger charge is -2.02. The lowest BCUT2D eigenvalue weighted by molar-refractivity contribution is 0.628. The topological polar surface area (TPSA) is 63.8 Å². The van der Waals surface area contributed by atoms with E-state index in [0.717, 1.165) is 5.69 Å². The third-order valence-corrected chi connectivity index (χ3v) is 4.71. The van der Waals surface area contributed by atoms with Crippen molar-refractivity contribution in [3.05, 3.63) is 81.6 Å². The molecule has 0 aliphatic carbocycles. The maximum Gasteiger partial charge on any atom is 0.216 e. The van der Waals surface area contributed by atoms with Gasteiger partial charge in [-0.3, -0.25) is 0 Å². The number of benzene rings is 2. The molecule has 2 heterocycles. The fourth-order valence-corrected chi connectivity index (χ4v) is 3.23. The summed E-state index contributed by atoms with van der Waals surface area (Å²) in [6.07, 6.45) is 1.57. The normalized spacial score (nSPS) is 11.4. The van der Waals surface area contributed by atoms with Crippen LogP contribution in [0.15, 0.2) is 59.7 Å². The van der Waals surface area contributed by atoms with Crippen molar-refractivity contribution in [2.45, 2.75) is 6.92 Å². The van der Waals surface area contributed by atoms with Gasteiger partial charge in [0.15, 0.2) is 5.82 Å². The summed E-state index contributed by atoms with van der Waals surface area (Å²) in [5.74, 6) is 0.0231. The Morgan fingerprint density at radius 2 is 1.96 bits per heavy atom. The van der Waals surface area contributed by atoms with Crippen LogP contribution in [0, 0.1) is 17.5 Å². The largest absolute Gasteiger partial charge is 0.250 e. The van der Waals surface area contributed by atoms with Gasteiger partial charge in [-0.25, -0.2) is 14.2 Å². The van der Waals surface area contributed by atoms with Crippen LogP contribution in [0.25, 0.3) is 17.1 Å². The van der Waals surface area contributed by atoms with E-state index >= 15 is 0 Å². The molecule has 0 aliphatic rings. The summed E-state index contributed by atoms with van der Waals surface area (Å²) in [5, 5.41) is 16.1. The third kappa shape index (κ3) is 3.39. The average molecular weight is 413 g/mol. The van der Waals surface area contributed by atoms with Crippen molar-refractivity contribution in [1.29, 1.82) is 0 Å². The van der Waals surface area contributed by atoms with Crippen molar-refractivity contribution >= 4 is 30.0 Å². The van der Waals surface area contributed by atoms with E-state index in [2.05, 4.69) is 20.4 Å². The van der Waals surface area contributed by atoms with Crippen molar-refractivity contribution in [2.24, 2.45) is 5.10 Å². The Bertz CT molecular complexity index is 1220. The molecule has 9 heteroatoms. The van der Waals surface area contributed by atoms with Crippen LogP contribution in [0.2, 0.25) is 5.15 Å². The molecule has 4 rings (SSSR count). The number of aromatic nitrogens is 5. The van der Waals surface area contributed by atoms with Crippen LogP contribution in [0.3, 0.4) is 0 Å². The van der Waals surface area contributed by atoms with Gasteiger partial charge in [0.05, 0.1) is 23.2 Å². The van der Waals surface area contributed by atoms with Gasteiger partial charge in [0.25, 0.3) is 0 Å². The molecule has 4 aromatic rings. The lowest BCUT2D eigenvalue weighted by Crippen LogP contribution is -1.97. The van der Waals surface area contributed by atoms with Crippen LogP contribution >= 0.6 is 23.8 Å². The number of rotatable bonds is 4. The first kappa shape index (κ1) is 18.3. The molecule has 0 saturated heterocycles. The summed E-state index contributed by atoms with van der Waals surface area (Å²) in [6, 6.07) is 15.6. The third-order valence-electron chi connectivity index (χ3n) is 4.08. The number of H-pyrrole nitrogens is 1. The molecule has 0 bridgehead atoms. The van der Waals surface area contributed by atoms with Gasteiger partial charge in [0.1, 0.15) is 11.0 Å². The van der Waals surface area contributed by atoms with Crippen molar-refractivity contribution in [3.8, 4) is 17.1 Å². The number of nitrogens with zero attached hydrogens (tertiary/aromatic N) is 5. The zero-order chi connectivity index (χ0) is 19.7. The Hall–Kier alpha value is -3.10. The Balaban J connectivity index is 1.75. The Kier molecular flexibility index (Phi) is 4.89. The van der Waals surface area contributed by atoms with Crippen molar-refractivity contribution < 1.29 is 4.39 Å². The van der Waals surface area contributed by atoms with E-state index in [1.807, 2.05) is 37.3 Å². The smallest absolute Gasteiger partial charge is 0.216 e. The summed E-state index contributed by atoms with van der Waals surface area (Å²) < 4.78 is 16.9. The molecule has 0 radical (unpaired) electrons. The molecule has 28 heavy (non-hydrogen) atoms. The van der Waals surface area contributed by atoms with Crippen LogP contribution in [0.5, 0.6) is 0 Å². The van der Waals surface area contributed by atoms with Gasteiger partial charge in [-0.05, 0) is 43.4 Å². The Labute approximate surface area is 169 Å². The van der Waals surface area contributed by atoms with Crippen LogP contribution in [-0.4, -0.2) is 30.9 Å². The minimum atomic E-state index is -0.370. The second-order valence-electron chi connectivity index (χ2n) is 5.96. The fraction of sp³-hybridized carbons (Fsp3) is 0.0526. The van der Waals surface area contributed by atoms with Gasteiger partial charge in [0, 0.05) is 5.56 Å². The van der Waals surface area contributed by atoms with Gasteiger partial charge in [-0.2, -0.15) is 20.0 Å². The first-order chi connectivity index (χ1) is 13.5. The molecule has 0 amide bonds. The van der Waals surface area contributed by atoms with Gasteiger partial charge in [-0.15, -0.1) is 0 Å². The summed E-state index contributed by atoms with van der Waals surface area (Å²) in [4.78, 5) is 0.